The van der Waals surface area contributed by atoms with E-state index in [0.717, 1.165) is 18.2 Å². The number of hydrogen-bond donors (Lipinski definition) is 4. The molecule has 1 aromatic carbocycles. The molecule has 1 amide bonds. The minimum atomic E-state index is -4.80. The van der Waals surface area contributed by atoms with Gasteiger partial charge in [0, 0.05) is 11.9 Å². The molecule has 0 saturated heterocycles. The molecule has 1 heterocycles. The Balaban J connectivity index is 2.28. The minimum Gasteiger partial charge on any atom is -0.490 e. The predicted molar refractivity (Wildman–Crippen MR) is 103 cm³/mol. The first-order valence-corrected chi connectivity index (χ1v) is 8.57. The summed E-state index contributed by atoms with van der Waals surface area (Å²) in [4.78, 5) is 15.6. The van der Waals surface area contributed by atoms with Gasteiger partial charge in [-0.3, -0.25) is 4.79 Å². The molecule has 0 aliphatic heterocycles. The van der Waals surface area contributed by atoms with Gasteiger partial charge in [0.05, 0.1) is 24.4 Å². The third-order valence-electron chi connectivity index (χ3n) is 3.54. The van der Waals surface area contributed by atoms with Gasteiger partial charge in [-0.1, -0.05) is 6.58 Å². The normalized spacial score (nSPS) is 10.8. The first kappa shape index (κ1) is 22.7. The lowest BCUT2D eigenvalue weighted by Gasteiger charge is -2.17. The Hall–Kier alpha value is -3.60. The zero-order valence-corrected chi connectivity index (χ0v) is 15.6. The predicted octanol–water partition coefficient (Wildman–Crippen LogP) is 2.76. The van der Waals surface area contributed by atoms with Crippen LogP contribution in [-0.4, -0.2) is 47.8 Å². The highest BCUT2D eigenvalue weighted by Gasteiger charge is 2.31. The molecule has 8 nitrogen and oxygen atoms in total. The quantitative estimate of drug-likeness (QED) is 0.344. The van der Waals surface area contributed by atoms with Crippen LogP contribution in [0.25, 0.3) is 0 Å². The molecular weight excluding hydrogens is 405 g/mol. The maximum atomic E-state index is 12.3. The highest BCUT2D eigenvalue weighted by atomic mass is 19.4. The van der Waals surface area contributed by atoms with Gasteiger partial charge in [-0.05, 0) is 36.4 Å². The van der Waals surface area contributed by atoms with E-state index in [2.05, 4.69) is 26.9 Å². The number of carbonyl (C=O) groups is 1. The zero-order valence-electron chi connectivity index (χ0n) is 15.6. The minimum absolute atomic E-state index is 0.0355. The van der Waals surface area contributed by atoms with Gasteiger partial charge < -0.3 is 30.6 Å². The smallest absolute Gasteiger partial charge is 0.490 e. The van der Waals surface area contributed by atoms with Gasteiger partial charge >= 0.3 is 6.36 Å². The van der Waals surface area contributed by atoms with E-state index >= 15 is 0 Å². The third-order valence-corrected chi connectivity index (χ3v) is 3.54. The van der Waals surface area contributed by atoms with Crippen molar-refractivity contribution in [1.82, 2.24) is 10.3 Å². The molecule has 2 aromatic rings. The topological polar surface area (TPSA) is 117 Å². The molecular formula is C19H19F3N4O4. The number of alkyl halides is 3. The lowest BCUT2D eigenvalue weighted by atomic mass is 10.1. The number of ether oxygens (including phenoxy) is 2. The molecule has 0 spiro atoms. The van der Waals surface area contributed by atoms with Crippen LogP contribution >= 0.6 is 0 Å². The first-order valence-electron chi connectivity index (χ1n) is 8.57. The van der Waals surface area contributed by atoms with Crippen LogP contribution in [0.1, 0.15) is 5.56 Å². The largest absolute Gasteiger partial charge is 0.573 e. The summed E-state index contributed by atoms with van der Waals surface area (Å²) in [7, 11) is 0. The fourth-order valence-electron chi connectivity index (χ4n) is 2.32. The van der Waals surface area contributed by atoms with E-state index in [1.165, 1.54) is 24.4 Å². The van der Waals surface area contributed by atoms with Gasteiger partial charge in [-0.15, -0.1) is 13.2 Å². The summed E-state index contributed by atoms with van der Waals surface area (Å²) >= 11 is 0. The summed E-state index contributed by atoms with van der Waals surface area (Å²) in [5, 5.41) is 22.7. The Kier molecular flexibility index (Phi) is 7.76. The number of aliphatic hydroxyl groups is 1. The third kappa shape index (κ3) is 6.78. The van der Waals surface area contributed by atoms with E-state index in [1.54, 1.807) is 0 Å². The molecule has 0 bridgehead atoms. The number of anilines is 2. The second-order valence-corrected chi connectivity index (χ2v) is 5.70. The number of benzene rings is 1. The van der Waals surface area contributed by atoms with E-state index in [0.29, 0.717) is 5.69 Å². The Bertz CT molecular complexity index is 902. The molecule has 0 radical (unpaired) electrons. The highest BCUT2D eigenvalue weighted by Crippen LogP contribution is 2.29. The standard InChI is InChI=1S/C19H19F3N4O4/c1-2-16(28)25-11-14(23)17-15(29-10-9-27)7-8-24-18(17)26-12-3-5-13(6-4-12)30-19(20,21)22/h2-8,23,27H,1,9-11H2,(H,24,26)(H,25,28). The SMILES string of the molecule is C=CC(=O)NCC(=N)c1c(OCCO)ccnc1Nc1ccc(OC(F)(F)F)cc1. The summed E-state index contributed by atoms with van der Waals surface area (Å²) in [6, 6.07) is 6.42. The molecule has 11 heteroatoms. The van der Waals surface area contributed by atoms with Crippen LogP contribution in [-0.2, 0) is 4.79 Å². The number of halogens is 3. The Morgan fingerprint density at radius 1 is 1.27 bits per heavy atom. The second-order valence-electron chi connectivity index (χ2n) is 5.70. The monoisotopic (exact) mass is 424 g/mol. The Labute approximate surface area is 169 Å². The fourth-order valence-corrected chi connectivity index (χ4v) is 2.32. The maximum absolute atomic E-state index is 12.3. The van der Waals surface area contributed by atoms with Gasteiger partial charge in [0.1, 0.15) is 23.9 Å². The van der Waals surface area contributed by atoms with Crippen LogP contribution in [0.4, 0.5) is 24.7 Å². The van der Waals surface area contributed by atoms with E-state index in [9.17, 15) is 18.0 Å². The molecule has 160 valence electrons. The number of aromatic nitrogens is 1. The molecule has 0 aliphatic carbocycles. The number of carbonyl (C=O) groups excluding carboxylic acids is 1. The van der Waals surface area contributed by atoms with Crippen LogP contribution in [0, 0.1) is 5.41 Å². The maximum Gasteiger partial charge on any atom is 0.573 e. The van der Waals surface area contributed by atoms with Crippen LogP contribution < -0.4 is 20.1 Å². The lowest BCUT2D eigenvalue weighted by Crippen LogP contribution is -2.28. The fraction of sp³-hybridized carbons (Fsp3) is 0.211. The summed E-state index contributed by atoms with van der Waals surface area (Å²) in [5.74, 6) is -0.457. The van der Waals surface area contributed by atoms with Crippen LogP contribution in [0.3, 0.4) is 0 Å². The number of nitrogens with zero attached hydrogens (tertiary/aromatic N) is 1. The molecule has 30 heavy (non-hydrogen) atoms. The number of aliphatic hydroxyl groups excluding tert-OH is 1. The number of amides is 1. The molecule has 0 atom stereocenters. The highest BCUT2D eigenvalue weighted by molar-refractivity contribution is 6.07. The van der Waals surface area contributed by atoms with Gasteiger partial charge in [0.15, 0.2) is 0 Å². The van der Waals surface area contributed by atoms with Crippen LogP contribution in [0.15, 0.2) is 49.2 Å². The van der Waals surface area contributed by atoms with Gasteiger partial charge in [0.25, 0.3) is 0 Å². The van der Waals surface area contributed by atoms with Gasteiger partial charge in [0.2, 0.25) is 5.91 Å². The summed E-state index contributed by atoms with van der Waals surface area (Å²) in [5.41, 5.74) is 0.539. The van der Waals surface area contributed by atoms with E-state index < -0.39 is 12.3 Å². The van der Waals surface area contributed by atoms with Crippen molar-refractivity contribution in [3.05, 3.63) is 54.7 Å². The Morgan fingerprint density at radius 2 is 1.97 bits per heavy atom. The van der Waals surface area contributed by atoms with E-state index in [1.807, 2.05) is 0 Å². The molecule has 1 aromatic heterocycles. The summed E-state index contributed by atoms with van der Waals surface area (Å²) < 4.78 is 46.1. The molecule has 0 saturated carbocycles. The first-order chi connectivity index (χ1) is 14.2. The van der Waals surface area contributed by atoms with Crippen molar-refractivity contribution >= 4 is 23.1 Å². The van der Waals surface area contributed by atoms with Gasteiger partial charge in [-0.2, -0.15) is 0 Å². The Morgan fingerprint density at radius 3 is 2.57 bits per heavy atom. The number of pyridine rings is 1. The average Bonchev–Trinajstić information content (AvgIpc) is 2.70. The zero-order chi connectivity index (χ0) is 22.1. The summed E-state index contributed by atoms with van der Waals surface area (Å²) in [6.45, 7) is 2.88. The van der Waals surface area contributed by atoms with Crippen molar-refractivity contribution in [2.24, 2.45) is 0 Å². The van der Waals surface area contributed by atoms with Gasteiger partial charge in [-0.25, -0.2) is 4.98 Å². The number of rotatable bonds is 10. The second kappa shape index (κ2) is 10.3. The molecule has 0 aliphatic rings. The number of nitrogens with one attached hydrogen (secondary N) is 3. The summed E-state index contributed by atoms with van der Waals surface area (Å²) in [6.07, 6.45) is -2.34. The van der Waals surface area contributed by atoms with E-state index in [4.69, 9.17) is 15.3 Å². The molecule has 4 N–H and O–H groups in total. The van der Waals surface area contributed by atoms with Crippen molar-refractivity contribution in [2.75, 3.05) is 25.1 Å². The van der Waals surface area contributed by atoms with Crippen molar-refractivity contribution in [3.63, 3.8) is 0 Å². The molecule has 0 fully saturated rings. The van der Waals surface area contributed by atoms with Crippen LogP contribution in [0.5, 0.6) is 11.5 Å². The van der Waals surface area contributed by atoms with Crippen molar-refractivity contribution < 1.29 is 32.5 Å². The number of hydrogen-bond acceptors (Lipinski definition) is 7. The van der Waals surface area contributed by atoms with E-state index in [-0.39, 0.29) is 48.4 Å². The molecule has 0 unspecified atom stereocenters. The molecule has 2 rings (SSSR count). The van der Waals surface area contributed by atoms with Crippen molar-refractivity contribution in [2.45, 2.75) is 6.36 Å². The average molecular weight is 424 g/mol. The van der Waals surface area contributed by atoms with Crippen molar-refractivity contribution in [1.29, 1.82) is 5.41 Å². The van der Waals surface area contributed by atoms with Crippen molar-refractivity contribution in [3.8, 4) is 11.5 Å². The van der Waals surface area contributed by atoms with Crippen LogP contribution in [0.2, 0.25) is 0 Å². The lowest BCUT2D eigenvalue weighted by molar-refractivity contribution is -0.274.